The molecule has 0 aliphatic carbocycles. The molecule has 5 nitrogen and oxygen atoms in total. The molecule has 2 rings (SSSR count). The maximum atomic E-state index is 11.5. The minimum absolute atomic E-state index is 0.0712. The van der Waals surface area contributed by atoms with Crippen LogP contribution in [0.2, 0.25) is 0 Å². The third-order valence-corrected chi connectivity index (χ3v) is 1.94. The SMILES string of the molecule is Cc1ccc(OC(=O)c2noc(C)n2)cc1. The third kappa shape index (κ3) is 2.25. The summed E-state index contributed by atoms with van der Waals surface area (Å²) in [6, 6.07) is 7.12. The summed E-state index contributed by atoms with van der Waals surface area (Å²) in [6.45, 7) is 3.56. The highest BCUT2D eigenvalue weighted by Gasteiger charge is 2.15. The molecule has 0 radical (unpaired) electrons. The van der Waals surface area contributed by atoms with Crippen LogP contribution in [0.15, 0.2) is 28.8 Å². The highest BCUT2D eigenvalue weighted by Crippen LogP contribution is 2.12. The van der Waals surface area contributed by atoms with Crippen LogP contribution < -0.4 is 4.74 Å². The largest absolute Gasteiger partial charge is 0.421 e. The molecule has 1 heterocycles. The Kier molecular flexibility index (Phi) is 2.68. The van der Waals surface area contributed by atoms with Gasteiger partial charge in [0.1, 0.15) is 5.75 Å². The van der Waals surface area contributed by atoms with Crippen molar-refractivity contribution in [2.45, 2.75) is 13.8 Å². The summed E-state index contributed by atoms with van der Waals surface area (Å²) in [5.41, 5.74) is 1.09. The Bertz CT molecular complexity index is 502. The molecule has 0 atom stereocenters. The Morgan fingerprint density at radius 2 is 1.94 bits per heavy atom. The van der Waals surface area contributed by atoms with Crippen molar-refractivity contribution in [1.29, 1.82) is 0 Å². The zero-order valence-electron chi connectivity index (χ0n) is 8.93. The van der Waals surface area contributed by atoms with Crippen LogP contribution in [0.3, 0.4) is 0 Å². The van der Waals surface area contributed by atoms with Crippen LogP contribution in [0.4, 0.5) is 0 Å². The normalized spacial score (nSPS) is 10.1. The van der Waals surface area contributed by atoms with Crippen molar-refractivity contribution in [3.8, 4) is 5.75 Å². The zero-order chi connectivity index (χ0) is 11.5. The average molecular weight is 218 g/mol. The van der Waals surface area contributed by atoms with Crippen molar-refractivity contribution in [2.24, 2.45) is 0 Å². The van der Waals surface area contributed by atoms with E-state index in [0.717, 1.165) is 5.56 Å². The van der Waals surface area contributed by atoms with E-state index in [0.29, 0.717) is 11.6 Å². The lowest BCUT2D eigenvalue weighted by Gasteiger charge is -2.00. The number of esters is 1. The van der Waals surface area contributed by atoms with E-state index in [-0.39, 0.29) is 5.82 Å². The number of hydrogen-bond acceptors (Lipinski definition) is 5. The van der Waals surface area contributed by atoms with Gasteiger partial charge in [0, 0.05) is 6.92 Å². The van der Waals surface area contributed by atoms with Gasteiger partial charge in [0.25, 0.3) is 5.82 Å². The van der Waals surface area contributed by atoms with Crippen molar-refractivity contribution in [3.05, 3.63) is 41.5 Å². The van der Waals surface area contributed by atoms with Gasteiger partial charge in [0.05, 0.1) is 0 Å². The molecule has 0 spiro atoms. The molecule has 0 unspecified atom stereocenters. The van der Waals surface area contributed by atoms with E-state index in [4.69, 9.17) is 4.74 Å². The van der Waals surface area contributed by atoms with E-state index in [1.54, 1.807) is 19.1 Å². The zero-order valence-corrected chi connectivity index (χ0v) is 8.93. The van der Waals surface area contributed by atoms with Gasteiger partial charge < -0.3 is 9.26 Å². The highest BCUT2D eigenvalue weighted by atomic mass is 16.5. The molecular formula is C11H10N2O3. The second-order valence-electron chi connectivity index (χ2n) is 3.34. The monoisotopic (exact) mass is 218 g/mol. The lowest BCUT2D eigenvalue weighted by atomic mass is 10.2. The molecule has 1 aromatic heterocycles. The number of ether oxygens (including phenoxy) is 1. The fraction of sp³-hybridized carbons (Fsp3) is 0.182. The number of aromatic nitrogens is 2. The predicted molar refractivity (Wildman–Crippen MR) is 55.2 cm³/mol. The lowest BCUT2D eigenvalue weighted by molar-refractivity contribution is 0.0718. The van der Waals surface area contributed by atoms with E-state index in [2.05, 4.69) is 14.7 Å². The van der Waals surface area contributed by atoms with Crippen LogP contribution in [0.5, 0.6) is 5.75 Å². The summed E-state index contributed by atoms with van der Waals surface area (Å²) < 4.78 is 9.73. The molecule has 0 bridgehead atoms. The van der Waals surface area contributed by atoms with Gasteiger partial charge in [-0.1, -0.05) is 17.7 Å². The molecule has 0 saturated carbocycles. The molecule has 0 N–H and O–H groups in total. The summed E-state index contributed by atoms with van der Waals surface area (Å²) in [5, 5.41) is 3.47. The van der Waals surface area contributed by atoms with Crippen molar-refractivity contribution in [3.63, 3.8) is 0 Å². The average Bonchev–Trinajstić information content (AvgIpc) is 2.68. The Hall–Kier alpha value is -2.17. The summed E-state index contributed by atoms with van der Waals surface area (Å²) in [6.07, 6.45) is 0. The molecule has 2 aromatic rings. The van der Waals surface area contributed by atoms with E-state index >= 15 is 0 Å². The molecule has 0 aliphatic heterocycles. The molecule has 82 valence electrons. The predicted octanol–water partition coefficient (Wildman–Crippen LogP) is 1.91. The molecule has 0 fully saturated rings. The van der Waals surface area contributed by atoms with Crippen molar-refractivity contribution >= 4 is 5.97 Å². The Balaban J connectivity index is 2.10. The fourth-order valence-corrected chi connectivity index (χ4v) is 1.14. The van der Waals surface area contributed by atoms with Crippen LogP contribution >= 0.6 is 0 Å². The first-order valence-corrected chi connectivity index (χ1v) is 4.74. The smallest absolute Gasteiger partial charge is 0.385 e. The molecule has 16 heavy (non-hydrogen) atoms. The van der Waals surface area contributed by atoms with E-state index in [1.807, 2.05) is 19.1 Å². The standard InChI is InChI=1S/C11H10N2O3/c1-7-3-5-9(6-4-7)15-11(14)10-12-8(2)16-13-10/h3-6H,1-2H3. The van der Waals surface area contributed by atoms with Gasteiger partial charge in [0.15, 0.2) is 0 Å². The first kappa shape index (κ1) is 10.4. The minimum atomic E-state index is -0.624. The first-order valence-electron chi connectivity index (χ1n) is 4.74. The van der Waals surface area contributed by atoms with Crippen molar-refractivity contribution in [1.82, 2.24) is 10.1 Å². The summed E-state index contributed by atoms with van der Waals surface area (Å²) in [7, 11) is 0. The number of aryl methyl sites for hydroxylation is 2. The quantitative estimate of drug-likeness (QED) is 0.569. The van der Waals surface area contributed by atoms with E-state index < -0.39 is 5.97 Å². The van der Waals surface area contributed by atoms with Gasteiger partial charge in [-0.3, -0.25) is 0 Å². The number of benzene rings is 1. The summed E-state index contributed by atoms with van der Waals surface area (Å²) in [4.78, 5) is 15.3. The summed E-state index contributed by atoms with van der Waals surface area (Å²) in [5.74, 6) is 0.0905. The lowest BCUT2D eigenvalue weighted by Crippen LogP contribution is -2.10. The molecule has 1 aromatic carbocycles. The van der Waals surface area contributed by atoms with Gasteiger partial charge >= 0.3 is 5.97 Å². The first-order chi connectivity index (χ1) is 7.65. The second-order valence-corrected chi connectivity index (χ2v) is 3.34. The number of carbonyl (C=O) groups is 1. The van der Waals surface area contributed by atoms with E-state index in [9.17, 15) is 4.79 Å². The molecule has 5 heteroatoms. The fourth-order valence-electron chi connectivity index (χ4n) is 1.14. The maximum absolute atomic E-state index is 11.5. The summed E-state index contributed by atoms with van der Waals surface area (Å²) >= 11 is 0. The Morgan fingerprint density at radius 1 is 1.25 bits per heavy atom. The maximum Gasteiger partial charge on any atom is 0.385 e. The molecule has 0 saturated heterocycles. The van der Waals surface area contributed by atoms with Crippen LogP contribution in [-0.4, -0.2) is 16.1 Å². The number of rotatable bonds is 2. The van der Waals surface area contributed by atoms with Gasteiger partial charge in [0.2, 0.25) is 5.89 Å². The van der Waals surface area contributed by atoms with Gasteiger partial charge in [-0.25, -0.2) is 4.79 Å². The number of hydrogen-bond donors (Lipinski definition) is 0. The van der Waals surface area contributed by atoms with Crippen LogP contribution in [0.1, 0.15) is 22.1 Å². The minimum Gasteiger partial charge on any atom is -0.421 e. The molecule has 0 aliphatic rings. The topological polar surface area (TPSA) is 65.2 Å². The Morgan fingerprint density at radius 3 is 2.50 bits per heavy atom. The second kappa shape index (κ2) is 4.14. The van der Waals surface area contributed by atoms with Gasteiger partial charge in [-0.05, 0) is 24.2 Å². The van der Waals surface area contributed by atoms with Gasteiger partial charge in [-0.15, -0.1) is 0 Å². The van der Waals surface area contributed by atoms with Gasteiger partial charge in [-0.2, -0.15) is 4.98 Å². The van der Waals surface area contributed by atoms with Crippen molar-refractivity contribution < 1.29 is 14.1 Å². The molecular weight excluding hydrogens is 208 g/mol. The van der Waals surface area contributed by atoms with Crippen LogP contribution in [0.25, 0.3) is 0 Å². The van der Waals surface area contributed by atoms with Crippen LogP contribution in [0, 0.1) is 13.8 Å². The number of nitrogens with zero attached hydrogens (tertiary/aromatic N) is 2. The van der Waals surface area contributed by atoms with Crippen LogP contribution in [-0.2, 0) is 0 Å². The number of carbonyl (C=O) groups excluding carboxylic acids is 1. The van der Waals surface area contributed by atoms with Crippen molar-refractivity contribution in [2.75, 3.05) is 0 Å². The third-order valence-electron chi connectivity index (χ3n) is 1.94. The van der Waals surface area contributed by atoms with E-state index in [1.165, 1.54) is 0 Å². The Labute approximate surface area is 92.0 Å². The highest BCUT2D eigenvalue weighted by molar-refractivity contribution is 5.86. The molecule has 0 amide bonds.